The third kappa shape index (κ3) is 2.54. The first kappa shape index (κ1) is 13.1. The number of aromatic nitrogens is 2. The van der Waals surface area contributed by atoms with Crippen molar-refractivity contribution in [1.82, 2.24) is 10.2 Å². The van der Waals surface area contributed by atoms with Gasteiger partial charge in [0, 0.05) is 11.3 Å². The van der Waals surface area contributed by atoms with Gasteiger partial charge in [-0.15, -0.1) is 10.2 Å². The van der Waals surface area contributed by atoms with Crippen molar-refractivity contribution in [2.24, 2.45) is 0 Å². The van der Waals surface area contributed by atoms with Crippen molar-refractivity contribution in [2.45, 2.75) is 32.7 Å². The van der Waals surface area contributed by atoms with Crippen LogP contribution in [0.4, 0.5) is 5.13 Å². The maximum absolute atomic E-state index is 5.85. The van der Waals surface area contributed by atoms with Crippen LogP contribution in [0.2, 0.25) is 0 Å². The fourth-order valence-corrected chi connectivity index (χ4v) is 2.83. The third-order valence-electron chi connectivity index (χ3n) is 3.15. The molecule has 3 rings (SSSR count). The molecule has 3 aromatic rings. The molecule has 0 aliphatic carbocycles. The molecule has 0 unspecified atom stereocenters. The van der Waals surface area contributed by atoms with Gasteiger partial charge in [0.15, 0.2) is 0 Å². The van der Waals surface area contributed by atoms with Crippen LogP contribution in [-0.4, -0.2) is 10.2 Å². The predicted molar refractivity (Wildman–Crippen MR) is 82.2 cm³/mol. The van der Waals surface area contributed by atoms with Crippen LogP contribution in [0, 0.1) is 0 Å². The number of rotatable bonds is 4. The van der Waals surface area contributed by atoms with E-state index in [0.29, 0.717) is 5.92 Å². The summed E-state index contributed by atoms with van der Waals surface area (Å²) < 4.78 is 5.85. The lowest BCUT2D eigenvalue weighted by molar-refractivity contribution is 0.526. The molecule has 4 nitrogen and oxygen atoms in total. The molecular formula is C15H17N3OS. The molecule has 0 aliphatic heterocycles. The fraction of sp³-hybridized carbons (Fsp3) is 0.333. The quantitative estimate of drug-likeness (QED) is 0.763. The van der Waals surface area contributed by atoms with Crippen LogP contribution in [0.3, 0.4) is 0 Å². The van der Waals surface area contributed by atoms with Gasteiger partial charge in [0.2, 0.25) is 5.13 Å². The van der Waals surface area contributed by atoms with Gasteiger partial charge in [-0.25, -0.2) is 0 Å². The highest BCUT2D eigenvalue weighted by atomic mass is 32.1. The Hall–Kier alpha value is -1.88. The summed E-state index contributed by atoms with van der Waals surface area (Å²) in [4.78, 5) is 0. The summed E-state index contributed by atoms with van der Waals surface area (Å²) in [5.74, 6) is 1.32. The SMILES string of the molecule is CC(C)c1nnc(N[C@H](C)c2cc3ccccc3o2)s1. The van der Waals surface area contributed by atoms with E-state index < -0.39 is 0 Å². The highest BCUT2D eigenvalue weighted by Gasteiger charge is 2.14. The summed E-state index contributed by atoms with van der Waals surface area (Å²) in [6.07, 6.45) is 0. The Balaban J connectivity index is 1.79. The van der Waals surface area contributed by atoms with Gasteiger partial charge in [-0.1, -0.05) is 43.4 Å². The molecule has 0 saturated heterocycles. The average molecular weight is 287 g/mol. The second-order valence-corrected chi connectivity index (χ2v) is 6.16. The molecule has 1 N–H and O–H groups in total. The molecule has 2 heterocycles. The number of hydrogen-bond acceptors (Lipinski definition) is 5. The van der Waals surface area contributed by atoms with Crippen LogP contribution in [0.1, 0.15) is 43.5 Å². The highest BCUT2D eigenvalue weighted by molar-refractivity contribution is 7.15. The monoisotopic (exact) mass is 287 g/mol. The molecule has 0 saturated carbocycles. The average Bonchev–Trinajstić information content (AvgIpc) is 3.04. The second-order valence-electron chi connectivity index (χ2n) is 5.15. The van der Waals surface area contributed by atoms with Gasteiger partial charge in [-0.2, -0.15) is 0 Å². The van der Waals surface area contributed by atoms with Gasteiger partial charge in [0.25, 0.3) is 0 Å². The van der Waals surface area contributed by atoms with E-state index in [0.717, 1.165) is 26.9 Å². The summed E-state index contributed by atoms with van der Waals surface area (Å²) in [5, 5.41) is 14.7. The zero-order chi connectivity index (χ0) is 14.1. The van der Waals surface area contributed by atoms with E-state index in [4.69, 9.17) is 4.42 Å². The summed E-state index contributed by atoms with van der Waals surface area (Å²) in [5.41, 5.74) is 0.913. The molecule has 1 aromatic carbocycles. The van der Waals surface area contributed by atoms with E-state index in [-0.39, 0.29) is 6.04 Å². The van der Waals surface area contributed by atoms with E-state index in [1.165, 1.54) is 0 Å². The number of para-hydroxylation sites is 1. The summed E-state index contributed by atoms with van der Waals surface area (Å²) in [6.45, 7) is 6.30. The molecule has 0 radical (unpaired) electrons. The van der Waals surface area contributed by atoms with Crippen LogP contribution >= 0.6 is 11.3 Å². The molecular weight excluding hydrogens is 270 g/mol. The molecule has 0 amide bonds. The molecule has 0 aliphatic rings. The van der Waals surface area contributed by atoms with E-state index in [9.17, 15) is 0 Å². The smallest absolute Gasteiger partial charge is 0.206 e. The molecule has 20 heavy (non-hydrogen) atoms. The van der Waals surface area contributed by atoms with Crippen molar-refractivity contribution in [3.63, 3.8) is 0 Å². The minimum Gasteiger partial charge on any atom is -0.459 e. The molecule has 104 valence electrons. The zero-order valence-corrected chi connectivity index (χ0v) is 12.6. The number of nitrogens with zero attached hydrogens (tertiary/aromatic N) is 2. The number of benzene rings is 1. The van der Waals surface area contributed by atoms with Crippen molar-refractivity contribution in [3.05, 3.63) is 41.1 Å². The summed E-state index contributed by atoms with van der Waals surface area (Å²) in [6, 6.07) is 10.2. The summed E-state index contributed by atoms with van der Waals surface area (Å²) >= 11 is 1.60. The Morgan fingerprint density at radius 1 is 1.15 bits per heavy atom. The number of fused-ring (bicyclic) bond motifs is 1. The van der Waals surface area contributed by atoms with Crippen LogP contribution < -0.4 is 5.32 Å². The van der Waals surface area contributed by atoms with Crippen molar-refractivity contribution in [2.75, 3.05) is 5.32 Å². The van der Waals surface area contributed by atoms with Gasteiger partial charge in [0.05, 0.1) is 6.04 Å². The number of anilines is 1. The van der Waals surface area contributed by atoms with Gasteiger partial charge in [0.1, 0.15) is 16.4 Å². The minimum atomic E-state index is 0.0652. The topological polar surface area (TPSA) is 51.0 Å². The van der Waals surface area contributed by atoms with Crippen molar-refractivity contribution < 1.29 is 4.42 Å². The predicted octanol–water partition coefficient (Wildman–Crippen LogP) is 4.58. The van der Waals surface area contributed by atoms with Crippen molar-refractivity contribution in [1.29, 1.82) is 0 Å². The first-order chi connectivity index (χ1) is 9.63. The lowest BCUT2D eigenvalue weighted by Gasteiger charge is -2.08. The molecule has 1 atom stereocenters. The number of nitrogens with one attached hydrogen (secondary N) is 1. The Morgan fingerprint density at radius 3 is 2.65 bits per heavy atom. The lowest BCUT2D eigenvalue weighted by Crippen LogP contribution is -2.04. The van der Waals surface area contributed by atoms with Crippen molar-refractivity contribution >= 4 is 27.4 Å². The van der Waals surface area contributed by atoms with Gasteiger partial charge >= 0.3 is 0 Å². The molecule has 0 spiro atoms. The van der Waals surface area contributed by atoms with E-state index >= 15 is 0 Å². The fourth-order valence-electron chi connectivity index (χ4n) is 2.00. The summed E-state index contributed by atoms with van der Waals surface area (Å²) in [7, 11) is 0. The van der Waals surface area contributed by atoms with E-state index in [2.05, 4.69) is 48.4 Å². The Kier molecular flexibility index (Phi) is 3.44. The van der Waals surface area contributed by atoms with E-state index in [1.54, 1.807) is 11.3 Å². The van der Waals surface area contributed by atoms with Crippen LogP contribution in [0.25, 0.3) is 11.0 Å². The van der Waals surface area contributed by atoms with Gasteiger partial charge < -0.3 is 9.73 Å². The molecule has 0 bridgehead atoms. The lowest BCUT2D eigenvalue weighted by atomic mass is 10.2. The highest BCUT2D eigenvalue weighted by Crippen LogP contribution is 2.28. The standard InChI is InChI=1S/C15H17N3OS/c1-9(2)14-17-18-15(20-14)16-10(3)13-8-11-6-4-5-7-12(11)19-13/h4-10H,1-3H3,(H,16,18)/t10-/m1/s1. The maximum Gasteiger partial charge on any atom is 0.206 e. The van der Waals surface area contributed by atoms with Gasteiger partial charge in [-0.3, -0.25) is 0 Å². The second kappa shape index (κ2) is 5.25. The van der Waals surface area contributed by atoms with E-state index in [1.807, 2.05) is 18.2 Å². The van der Waals surface area contributed by atoms with Crippen LogP contribution in [0.5, 0.6) is 0 Å². The first-order valence-electron chi connectivity index (χ1n) is 6.72. The third-order valence-corrected chi connectivity index (χ3v) is 4.30. The Labute approximate surface area is 121 Å². The normalized spacial score (nSPS) is 13.0. The zero-order valence-electron chi connectivity index (χ0n) is 11.8. The molecule has 5 heteroatoms. The van der Waals surface area contributed by atoms with Crippen LogP contribution in [0.15, 0.2) is 34.7 Å². The number of furan rings is 1. The van der Waals surface area contributed by atoms with Crippen molar-refractivity contribution in [3.8, 4) is 0 Å². The molecule has 0 fully saturated rings. The maximum atomic E-state index is 5.85. The Morgan fingerprint density at radius 2 is 1.95 bits per heavy atom. The molecule has 2 aromatic heterocycles. The van der Waals surface area contributed by atoms with Gasteiger partial charge in [-0.05, 0) is 19.1 Å². The minimum absolute atomic E-state index is 0.0652. The largest absolute Gasteiger partial charge is 0.459 e. The first-order valence-corrected chi connectivity index (χ1v) is 7.53. The Bertz CT molecular complexity index is 684. The van der Waals surface area contributed by atoms with Crippen LogP contribution in [-0.2, 0) is 0 Å². The number of hydrogen-bond donors (Lipinski definition) is 1.